The van der Waals surface area contributed by atoms with E-state index in [1.807, 2.05) is 12.1 Å². The maximum absolute atomic E-state index is 12.4. The molecule has 2 aliphatic heterocycles. The van der Waals surface area contributed by atoms with E-state index < -0.39 is 0 Å². The summed E-state index contributed by atoms with van der Waals surface area (Å²) >= 11 is 0. The van der Waals surface area contributed by atoms with Gasteiger partial charge in [0.2, 0.25) is 11.8 Å². The van der Waals surface area contributed by atoms with Gasteiger partial charge in [0.15, 0.2) is 0 Å². The molecule has 2 fully saturated rings. The van der Waals surface area contributed by atoms with E-state index in [1.165, 1.54) is 0 Å². The summed E-state index contributed by atoms with van der Waals surface area (Å²) in [5, 5.41) is 0. The Morgan fingerprint density at radius 1 is 1.40 bits per heavy atom. The number of pyridine rings is 1. The van der Waals surface area contributed by atoms with Crippen LogP contribution in [0.25, 0.3) is 0 Å². The van der Waals surface area contributed by atoms with Crippen LogP contribution in [0.15, 0.2) is 18.3 Å². The summed E-state index contributed by atoms with van der Waals surface area (Å²) in [4.78, 5) is 32.1. The van der Waals surface area contributed by atoms with Crippen molar-refractivity contribution in [2.75, 3.05) is 13.1 Å². The molecule has 0 saturated carbocycles. The van der Waals surface area contributed by atoms with Gasteiger partial charge in [-0.25, -0.2) is 0 Å². The molecule has 0 aromatic carbocycles. The first-order valence-electron chi connectivity index (χ1n) is 6.92. The molecule has 106 valence electrons. The summed E-state index contributed by atoms with van der Waals surface area (Å²) in [6, 6.07) is 3.48. The van der Waals surface area contributed by atoms with E-state index in [4.69, 9.17) is 5.73 Å². The highest BCUT2D eigenvalue weighted by Gasteiger charge is 2.41. The number of amides is 2. The first-order chi connectivity index (χ1) is 9.70. The Bertz CT molecular complexity index is 546. The van der Waals surface area contributed by atoms with Gasteiger partial charge in [-0.05, 0) is 24.5 Å². The number of fused-ring (bicyclic) bond motifs is 1. The summed E-state index contributed by atoms with van der Waals surface area (Å²) in [5.74, 6) is 0.0965. The van der Waals surface area contributed by atoms with Crippen molar-refractivity contribution in [1.29, 1.82) is 0 Å². The van der Waals surface area contributed by atoms with Crippen LogP contribution < -0.4 is 5.73 Å². The number of aromatic nitrogens is 1. The predicted octanol–water partition coefficient (Wildman–Crippen LogP) is -0.127. The fourth-order valence-electron chi connectivity index (χ4n) is 3.00. The quantitative estimate of drug-likeness (QED) is 0.833. The van der Waals surface area contributed by atoms with E-state index >= 15 is 0 Å². The van der Waals surface area contributed by atoms with Crippen LogP contribution in [0.2, 0.25) is 0 Å². The van der Waals surface area contributed by atoms with E-state index in [0.29, 0.717) is 19.6 Å². The number of rotatable bonds is 3. The summed E-state index contributed by atoms with van der Waals surface area (Å²) in [7, 11) is 0. The number of hydrogen-bond donors (Lipinski definition) is 1. The average Bonchev–Trinajstić information content (AvgIpc) is 2.95. The zero-order valence-corrected chi connectivity index (χ0v) is 11.3. The molecule has 0 spiro atoms. The smallest absolute Gasteiger partial charge is 0.246 e. The van der Waals surface area contributed by atoms with Crippen molar-refractivity contribution >= 4 is 11.8 Å². The fourth-order valence-corrected chi connectivity index (χ4v) is 3.00. The van der Waals surface area contributed by atoms with Crippen LogP contribution in [-0.4, -0.2) is 45.7 Å². The van der Waals surface area contributed by atoms with Gasteiger partial charge in [-0.1, -0.05) is 6.07 Å². The Hall–Kier alpha value is -1.95. The summed E-state index contributed by atoms with van der Waals surface area (Å²) in [5.41, 5.74) is 7.36. The SMILES string of the molecule is NCc1ncccc1CN1CC(=O)N2CCCC2C1=O. The lowest BCUT2D eigenvalue weighted by atomic mass is 10.1. The number of nitrogens with zero attached hydrogens (tertiary/aromatic N) is 3. The minimum Gasteiger partial charge on any atom is -0.329 e. The van der Waals surface area contributed by atoms with Crippen molar-refractivity contribution < 1.29 is 9.59 Å². The number of hydrogen-bond acceptors (Lipinski definition) is 4. The van der Waals surface area contributed by atoms with Crippen LogP contribution in [0.1, 0.15) is 24.1 Å². The van der Waals surface area contributed by atoms with E-state index in [0.717, 1.165) is 24.1 Å². The van der Waals surface area contributed by atoms with Crippen molar-refractivity contribution in [3.8, 4) is 0 Å². The molecule has 3 rings (SSSR count). The normalized spacial score (nSPS) is 22.4. The third-order valence-corrected chi connectivity index (χ3v) is 4.04. The van der Waals surface area contributed by atoms with Crippen LogP contribution in [0.5, 0.6) is 0 Å². The number of carbonyl (C=O) groups excluding carboxylic acids is 2. The average molecular weight is 274 g/mol. The van der Waals surface area contributed by atoms with Gasteiger partial charge in [0.1, 0.15) is 12.6 Å². The molecule has 6 nitrogen and oxygen atoms in total. The minimum atomic E-state index is -0.255. The molecule has 1 aromatic heterocycles. The molecule has 0 radical (unpaired) electrons. The molecular formula is C14H18N4O2. The Morgan fingerprint density at radius 3 is 3.05 bits per heavy atom. The first kappa shape index (κ1) is 13.1. The molecule has 2 saturated heterocycles. The van der Waals surface area contributed by atoms with Gasteiger partial charge >= 0.3 is 0 Å². The summed E-state index contributed by atoms with van der Waals surface area (Å²) < 4.78 is 0. The highest BCUT2D eigenvalue weighted by atomic mass is 16.2. The van der Waals surface area contributed by atoms with Crippen LogP contribution >= 0.6 is 0 Å². The lowest BCUT2D eigenvalue weighted by molar-refractivity contribution is -0.154. The lowest BCUT2D eigenvalue weighted by Gasteiger charge is -2.36. The number of nitrogens with two attached hydrogens (primary N) is 1. The molecule has 1 atom stereocenters. The van der Waals surface area contributed by atoms with E-state index in [-0.39, 0.29) is 24.4 Å². The van der Waals surface area contributed by atoms with E-state index in [1.54, 1.807) is 16.0 Å². The van der Waals surface area contributed by atoms with E-state index in [2.05, 4.69) is 4.98 Å². The Kier molecular flexibility index (Phi) is 3.40. The zero-order valence-electron chi connectivity index (χ0n) is 11.3. The summed E-state index contributed by atoms with van der Waals surface area (Å²) in [6.07, 6.45) is 3.38. The Morgan fingerprint density at radius 2 is 2.25 bits per heavy atom. The highest BCUT2D eigenvalue weighted by molar-refractivity contribution is 5.95. The van der Waals surface area contributed by atoms with Gasteiger partial charge in [0.05, 0.1) is 5.69 Å². The molecule has 1 aromatic rings. The minimum absolute atomic E-state index is 0.0466. The van der Waals surface area contributed by atoms with Gasteiger partial charge in [-0.15, -0.1) is 0 Å². The molecule has 2 N–H and O–H groups in total. The molecule has 0 bridgehead atoms. The molecule has 2 aliphatic rings. The largest absolute Gasteiger partial charge is 0.329 e. The highest BCUT2D eigenvalue weighted by Crippen LogP contribution is 2.24. The lowest BCUT2D eigenvalue weighted by Crippen LogP contribution is -2.56. The number of carbonyl (C=O) groups is 2. The fraction of sp³-hybridized carbons (Fsp3) is 0.500. The van der Waals surface area contributed by atoms with Gasteiger partial charge in [0, 0.05) is 25.8 Å². The maximum atomic E-state index is 12.4. The molecular weight excluding hydrogens is 256 g/mol. The third kappa shape index (κ3) is 2.16. The molecule has 2 amide bonds. The molecule has 0 aliphatic carbocycles. The predicted molar refractivity (Wildman–Crippen MR) is 72.3 cm³/mol. The van der Waals surface area contributed by atoms with Crippen molar-refractivity contribution in [2.45, 2.75) is 32.0 Å². The second-order valence-corrected chi connectivity index (χ2v) is 5.25. The molecule has 6 heteroatoms. The molecule has 1 unspecified atom stereocenters. The van der Waals surface area contributed by atoms with Crippen molar-refractivity contribution in [2.24, 2.45) is 5.73 Å². The van der Waals surface area contributed by atoms with Crippen LogP contribution in [0, 0.1) is 0 Å². The van der Waals surface area contributed by atoms with Crippen LogP contribution in [-0.2, 0) is 22.7 Å². The molecule has 3 heterocycles. The van der Waals surface area contributed by atoms with Crippen molar-refractivity contribution in [1.82, 2.24) is 14.8 Å². The Labute approximate surface area is 117 Å². The molecule has 20 heavy (non-hydrogen) atoms. The van der Waals surface area contributed by atoms with Gasteiger partial charge in [0.25, 0.3) is 0 Å². The number of piperazine rings is 1. The van der Waals surface area contributed by atoms with Gasteiger partial charge in [-0.2, -0.15) is 0 Å². The van der Waals surface area contributed by atoms with Gasteiger partial charge in [-0.3, -0.25) is 14.6 Å². The Balaban J connectivity index is 1.80. The van der Waals surface area contributed by atoms with Crippen LogP contribution in [0.4, 0.5) is 0 Å². The van der Waals surface area contributed by atoms with Crippen molar-refractivity contribution in [3.63, 3.8) is 0 Å². The monoisotopic (exact) mass is 274 g/mol. The van der Waals surface area contributed by atoms with E-state index in [9.17, 15) is 9.59 Å². The maximum Gasteiger partial charge on any atom is 0.246 e. The summed E-state index contributed by atoms with van der Waals surface area (Å²) in [6.45, 7) is 1.62. The second kappa shape index (κ2) is 5.20. The van der Waals surface area contributed by atoms with Crippen molar-refractivity contribution in [3.05, 3.63) is 29.6 Å². The topological polar surface area (TPSA) is 79.5 Å². The third-order valence-electron chi connectivity index (χ3n) is 4.04. The second-order valence-electron chi connectivity index (χ2n) is 5.25. The zero-order chi connectivity index (χ0) is 14.1. The first-order valence-corrected chi connectivity index (χ1v) is 6.92. The standard InChI is InChI=1S/C14H18N4O2/c15-7-11-10(3-1-5-16-11)8-17-9-13(19)18-6-2-4-12(18)14(17)20/h1,3,5,12H,2,4,6-9,15H2. The van der Waals surface area contributed by atoms with Gasteiger partial charge < -0.3 is 15.5 Å². The van der Waals surface area contributed by atoms with Crippen LogP contribution in [0.3, 0.4) is 0 Å².